The van der Waals surface area contributed by atoms with Crippen molar-refractivity contribution in [2.45, 2.75) is 30.2 Å². The summed E-state index contributed by atoms with van der Waals surface area (Å²) < 4.78 is 13.2. The third-order valence-corrected chi connectivity index (χ3v) is 4.46. The van der Waals surface area contributed by atoms with Gasteiger partial charge < -0.3 is 4.90 Å². The number of nitrogens with zero attached hydrogens (tertiary/aromatic N) is 1. The summed E-state index contributed by atoms with van der Waals surface area (Å²) in [5, 5.41) is 1.21. The van der Waals surface area contributed by atoms with Gasteiger partial charge in [0.2, 0.25) is 0 Å². The summed E-state index contributed by atoms with van der Waals surface area (Å²) in [6, 6.07) is 4.91. The lowest BCUT2D eigenvalue weighted by molar-refractivity contribution is 0.625. The Kier molecular flexibility index (Phi) is 4.21. The van der Waals surface area contributed by atoms with Gasteiger partial charge in [-0.05, 0) is 23.8 Å². The number of alkyl halides is 1. The monoisotopic (exact) mass is 273 g/mol. The van der Waals surface area contributed by atoms with Gasteiger partial charge in [0.1, 0.15) is 5.82 Å². The first kappa shape index (κ1) is 13.0. The van der Waals surface area contributed by atoms with Crippen LogP contribution in [0.5, 0.6) is 0 Å². The van der Waals surface area contributed by atoms with E-state index in [4.69, 9.17) is 11.6 Å². The van der Waals surface area contributed by atoms with E-state index in [0.717, 1.165) is 24.3 Å². The Labute approximate surface area is 111 Å². The Morgan fingerprint density at radius 3 is 2.59 bits per heavy atom. The van der Waals surface area contributed by atoms with Crippen LogP contribution >= 0.6 is 23.4 Å². The van der Waals surface area contributed by atoms with Crippen molar-refractivity contribution in [1.82, 2.24) is 0 Å². The molecule has 1 aliphatic rings. The summed E-state index contributed by atoms with van der Waals surface area (Å²) in [4.78, 5) is 2.32. The number of anilines is 1. The standard InChI is InChI=1S/C13H17ClFNS/c1-9-7-16(8-10(2)17-9)13-4-3-12(15)5-11(13)6-14/h3-5,9-10H,6-8H2,1-2H3. The molecule has 4 heteroatoms. The molecule has 2 unspecified atom stereocenters. The van der Waals surface area contributed by atoms with Gasteiger partial charge in [0.05, 0.1) is 0 Å². The van der Waals surface area contributed by atoms with Crippen molar-refractivity contribution in [3.63, 3.8) is 0 Å². The zero-order valence-electron chi connectivity index (χ0n) is 10.1. The Hall–Kier alpha value is -0.410. The summed E-state index contributed by atoms with van der Waals surface area (Å²) in [6.45, 7) is 6.48. The molecule has 1 aliphatic heterocycles. The minimum absolute atomic E-state index is 0.211. The van der Waals surface area contributed by atoms with Crippen LogP contribution < -0.4 is 4.90 Å². The lowest BCUT2D eigenvalue weighted by atomic mass is 10.1. The average Bonchev–Trinajstić information content (AvgIpc) is 2.27. The third-order valence-electron chi connectivity index (χ3n) is 2.95. The molecule has 0 spiro atoms. The smallest absolute Gasteiger partial charge is 0.123 e. The molecule has 0 radical (unpaired) electrons. The quantitative estimate of drug-likeness (QED) is 0.752. The molecule has 0 amide bonds. The summed E-state index contributed by atoms with van der Waals surface area (Å²) in [6.07, 6.45) is 0. The van der Waals surface area contributed by atoms with Crippen molar-refractivity contribution in [2.24, 2.45) is 0 Å². The molecule has 1 heterocycles. The lowest BCUT2D eigenvalue weighted by Crippen LogP contribution is -2.40. The highest BCUT2D eigenvalue weighted by atomic mass is 35.5. The molecular weight excluding hydrogens is 257 g/mol. The number of rotatable bonds is 2. The maximum atomic E-state index is 13.2. The number of hydrogen-bond donors (Lipinski definition) is 0. The van der Waals surface area contributed by atoms with Gasteiger partial charge in [-0.2, -0.15) is 11.8 Å². The van der Waals surface area contributed by atoms with Crippen LogP contribution in [0.3, 0.4) is 0 Å². The van der Waals surface area contributed by atoms with Gasteiger partial charge in [-0.1, -0.05) is 13.8 Å². The zero-order chi connectivity index (χ0) is 12.4. The Morgan fingerprint density at radius 1 is 1.35 bits per heavy atom. The summed E-state index contributed by atoms with van der Waals surface area (Å²) in [5.74, 6) is 0.149. The molecule has 0 aromatic heterocycles. The molecule has 0 aliphatic carbocycles. The van der Waals surface area contributed by atoms with E-state index in [1.165, 1.54) is 6.07 Å². The average molecular weight is 274 g/mol. The van der Waals surface area contributed by atoms with Crippen molar-refractivity contribution >= 4 is 29.1 Å². The fraction of sp³-hybridized carbons (Fsp3) is 0.538. The normalized spacial score (nSPS) is 25.1. The molecule has 1 nitrogen and oxygen atoms in total. The number of hydrogen-bond acceptors (Lipinski definition) is 2. The predicted molar refractivity (Wildman–Crippen MR) is 74.7 cm³/mol. The van der Waals surface area contributed by atoms with Crippen LogP contribution in [0.1, 0.15) is 19.4 Å². The fourth-order valence-corrected chi connectivity index (χ4v) is 3.88. The summed E-state index contributed by atoms with van der Waals surface area (Å²) in [7, 11) is 0. The van der Waals surface area contributed by atoms with E-state index in [9.17, 15) is 4.39 Å². The van der Waals surface area contributed by atoms with Crippen LogP contribution in [-0.4, -0.2) is 23.6 Å². The van der Waals surface area contributed by atoms with E-state index in [2.05, 4.69) is 18.7 Å². The van der Waals surface area contributed by atoms with Gasteiger partial charge in [0, 0.05) is 35.2 Å². The molecule has 0 N–H and O–H groups in total. The van der Waals surface area contributed by atoms with Gasteiger partial charge >= 0.3 is 0 Å². The van der Waals surface area contributed by atoms with Gasteiger partial charge in [-0.3, -0.25) is 0 Å². The molecule has 1 aromatic rings. The molecule has 17 heavy (non-hydrogen) atoms. The van der Waals surface area contributed by atoms with E-state index in [1.54, 1.807) is 6.07 Å². The third kappa shape index (κ3) is 3.08. The van der Waals surface area contributed by atoms with Crippen molar-refractivity contribution in [2.75, 3.05) is 18.0 Å². The first-order chi connectivity index (χ1) is 8.10. The van der Waals surface area contributed by atoms with Crippen molar-refractivity contribution in [1.29, 1.82) is 0 Å². The zero-order valence-corrected chi connectivity index (χ0v) is 11.7. The van der Waals surface area contributed by atoms with Crippen LogP contribution in [0.15, 0.2) is 18.2 Å². The van der Waals surface area contributed by atoms with E-state index < -0.39 is 0 Å². The first-order valence-corrected chi connectivity index (χ1v) is 7.32. The minimum atomic E-state index is -0.211. The molecule has 1 fully saturated rings. The van der Waals surface area contributed by atoms with Crippen molar-refractivity contribution in [3.05, 3.63) is 29.6 Å². The van der Waals surface area contributed by atoms with Gasteiger partial charge in [0.25, 0.3) is 0 Å². The Bertz CT molecular complexity index is 389. The Balaban J connectivity index is 2.26. The van der Waals surface area contributed by atoms with Crippen LogP contribution in [0, 0.1) is 5.82 Å². The topological polar surface area (TPSA) is 3.24 Å². The predicted octanol–water partition coefficient (Wildman–Crippen LogP) is 3.89. The number of benzene rings is 1. The summed E-state index contributed by atoms with van der Waals surface area (Å²) >= 11 is 7.91. The van der Waals surface area contributed by atoms with E-state index in [-0.39, 0.29) is 5.82 Å². The molecule has 2 atom stereocenters. The second kappa shape index (κ2) is 5.49. The van der Waals surface area contributed by atoms with E-state index in [0.29, 0.717) is 16.4 Å². The second-order valence-corrected chi connectivity index (χ2v) is 6.72. The van der Waals surface area contributed by atoms with E-state index >= 15 is 0 Å². The van der Waals surface area contributed by atoms with Crippen LogP contribution in [0.25, 0.3) is 0 Å². The molecule has 1 saturated heterocycles. The highest BCUT2D eigenvalue weighted by Gasteiger charge is 2.23. The molecule has 2 rings (SSSR count). The fourth-order valence-electron chi connectivity index (χ4n) is 2.34. The Morgan fingerprint density at radius 2 is 2.00 bits per heavy atom. The van der Waals surface area contributed by atoms with Gasteiger partial charge in [-0.15, -0.1) is 11.6 Å². The van der Waals surface area contributed by atoms with Crippen LogP contribution in [0.2, 0.25) is 0 Å². The summed E-state index contributed by atoms with van der Waals surface area (Å²) in [5.41, 5.74) is 1.97. The van der Waals surface area contributed by atoms with Crippen molar-refractivity contribution < 1.29 is 4.39 Å². The second-order valence-electron chi connectivity index (χ2n) is 4.57. The molecule has 0 saturated carbocycles. The number of halogens is 2. The van der Waals surface area contributed by atoms with Crippen LogP contribution in [0.4, 0.5) is 10.1 Å². The first-order valence-electron chi connectivity index (χ1n) is 5.85. The molecule has 94 valence electrons. The van der Waals surface area contributed by atoms with Crippen LogP contribution in [-0.2, 0) is 5.88 Å². The van der Waals surface area contributed by atoms with Gasteiger partial charge in [-0.25, -0.2) is 4.39 Å². The lowest BCUT2D eigenvalue weighted by Gasteiger charge is -2.37. The molecule has 1 aromatic carbocycles. The molecule has 0 bridgehead atoms. The minimum Gasteiger partial charge on any atom is -0.369 e. The highest BCUT2D eigenvalue weighted by molar-refractivity contribution is 8.00. The van der Waals surface area contributed by atoms with E-state index in [1.807, 2.05) is 17.8 Å². The largest absolute Gasteiger partial charge is 0.369 e. The number of thioether (sulfide) groups is 1. The molecular formula is C13H17ClFNS. The van der Waals surface area contributed by atoms with Gasteiger partial charge in [0.15, 0.2) is 0 Å². The SMILES string of the molecule is CC1CN(c2ccc(F)cc2CCl)CC(C)S1. The highest BCUT2D eigenvalue weighted by Crippen LogP contribution is 2.31. The van der Waals surface area contributed by atoms with Crippen molar-refractivity contribution in [3.8, 4) is 0 Å². The maximum absolute atomic E-state index is 13.2. The maximum Gasteiger partial charge on any atom is 0.123 e.